The summed E-state index contributed by atoms with van der Waals surface area (Å²) < 4.78 is 0. The number of nitrogens with zero attached hydrogens (tertiary/aromatic N) is 1. The number of carbonyl (C=O) groups excluding carboxylic acids is 1. The molecule has 17 heavy (non-hydrogen) atoms. The first kappa shape index (κ1) is 12.9. The van der Waals surface area contributed by atoms with E-state index in [1.807, 2.05) is 0 Å². The van der Waals surface area contributed by atoms with E-state index in [2.05, 4.69) is 10.3 Å². The van der Waals surface area contributed by atoms with Crippen molar-refractivity contribution in [3.8, 4) is 5.75 Å². The van der Waals surface area contributed by atoms with Crippen LogP contribution in [0.15, 0.2) is 18.5 Å². The summed E-state index contributed by atoms with van der Waals surface area (Å²) in [4.78, 5) is 25.4. The molecule has 0 saturated heterocycles. The first-order valence-corrected chi connectivity index (χ1v) is 4.84. The minimum absolute atomic E-state index is 0.00589. The number of rotatable bonds is 5. The lowest BCUT2D eigenvalue weighted by molar-refractivity contribution is -0.146. The largest absolute Gasteiger partial charge is 0.505 e. The van der Waals surface area contributed by atoms with Crippen LogP contribution >= 0.6 is 0 Å². The van der Waals surface area contributed by atoms with E-state index in [1.54, 1.807) is 0 Å². The second-order valence-electron chi connectivity index (χ2n) is 3.29. The third-order valence-corrected chi connectivity index (χ3v) is 2.03. The molecule has 1 amide bonds. The van der Waals surface area contributed by atoms with Crippen LogP contribution in [-0.2, 0) is 4.79 Å². The molecule has 0 bridgehead atoms. The average Bonchev–Trinajstić information content (AvgIpc) is 2.29. The molecular formula is C10H12N2O5. The van der Waals surface area contributed by atoms with Gasteiger partial charge in [-0.05, 0) is 6.07 Å². The van der Waals surface area contributed by atoms with Crippen LogP contribution in [0.25, 0.3) is 0 Å². The molecule has 4 N–H and O–H groups in total. The monoisotopic (exact) mass is 240 g/mol. The van der Waals surface area contributed by atoms with Gasteiger partial charge in [-0.2, -0.15) is 0 Å². The quantitative estimate of drug-likeness (QED) is 0.543. The van der Waals surface area contributed by atoms with Crippen molar-refractivity contribution in [1.29, 1.82) is 0 Å². The standard InChI is InChI=1S/C10H12N2O5/c13-7(10(16)17)2-4-12-9(15)6-1-3-11-5-8(6)14/h1,3,5,7,13-14H,2,4H2,(H,12,15)(H,16,17). The Kier molecular flexibility index (Phi) is 4.41. The molecule has 0 aliphatic heterocycles. The van der Waals surface area contributed by atoms with Gasteiger partial charge in [0.2, 0.25) is 0 Å². The molecule has 1 unspecified atom stereocenters. The highest BCUT2D eigenvalue weighted by Crippen LogP contribution is 2.13. The molecule has 0 aromatic carbocycles. The maximum Gasteiger partial charge on any atom is 0.332 e. The highest BCUT2D eigenvalue weighted by atomic mass is 16.4. The Morgan fingerprint density at radius 1 is 1.47 bits per heavy atom. The van der Waals surface area contributed by atoms with Gasteiger partial charge in [0.25, 0.3) is 5.91 Å². The van der Waals surface area contributed by atoms with Crippen LogP contribution in [0.4, 0.5) is 0 Å². The van der Waals surface area contributed by atoms with Crippen LogP contribution in [0.2, 0.25) is 0 Å². The molecule has 1 aromatic rings. The normalized spacial score (nSPS) is 11.8. The van der Waals surface area contributed by atoms with Crippen molar-refractivity contribution >= 4 is 11.9 Å². The summed E-state index contributed by atoms with van der Waals surface area (Å²) >= 11 is 0. The lowest BCUT2D eigenvalue weighted by Crippen LogP contribution is -2.30. The second kappa shape index (κ2) is 5.80. The first-order valence-electron chi connectivity index (χ1n) is 4.84. The van der Waals surface area contributed by atoms with Crippen molar-refractivity contribution in [2.75, 3.05) is 6.54 Å². The lowest BCUT2D eigenvalue weighted by atomic mass is 10.2. The minimum atomic E-state index is -1.51. The number of carboxylic acid groups (broad SMARTS) is 1. The molecule has 7 nitrogen and oxygen atoms in total. The Bertz CT molecular complexity index is 421. The number of aromatic hydroxyl groups is 1. The molecule has 7 heteroatoms. The number of aliphatic hydroxyl groups is 1. The van der Waals surface area contributed by atoms with Gasteiger partial charge in [0.15, 0.2) is 6.10 Å². The number of aromatic nitrogens is 1. The summed E-state index contributed by atoms with van der Waals surface area (Å²) in [5.41, 5.74) is 0.0461. The first-order chi connectivity index (χ1) is 8.02. The summed E-state index contributed by atoms with van der Waals surface area (Å²) in [6, 6.07) is 1.33. The van der Waals surface area contributed by atoms with Crippen molar-refractivity contribution in [3.63, 3.8) is 0 Å². The summed E-state index contributed by atoms with van der Waals surface area (Å²) in [7, 11) is 0. The molecule has 1 atom stereocenters. The van der Waals surface area contributed by atoms with Crippen LogP contribution < -0.4 is 5.32 Å². The smallest absolute Gasteiger partial charge is 0.332 e. The summed E-state index contributed by atoms with van der Waals surface area (Å²) in [5.74, 6) is -2.16. The predicted molar refractivity (Wildman–Crippen MR) is 56.5 cm³/mol. The van der Waals surface area contributed by atoms with Crippen molar-refractivity contribution in [2.24, 2.45) is 0 Å². The maximum atomic E-state index is 11.5. The Balaban J connectivity index is 2.46. The topological polar surface area (TPSA) is 120 Å². The number of carbonyl (C=O) groups is 2. The minimum Gasteiger partial charge on any atom is -0.505 e. The molecule has 0 aliphatic rings. The zero-order valence-corrected chi connectivity index (χ0v) is 8.83. The van der Waals surface area contributed by atoms with Gasteiger partial charge in [0.05, 0.1) is 11.8 Å². The molecule has 0 fully saturated rings. The molecule has 0 spiro atoms. The van der Waals surface area contributed by atoms with E-state index >= 15 is 0 Å². The maximum absolute atomic E-state index is 11.5. The Hall–Kier alpha value is -2.15. The van der Waals surface area contributed by atoms with E-state index in [-0.39, 0.29) is 24.3 Å². The molecule has 0 radical (unpaired) electrons. The molecule has 1 heterocycles. The van der Waals surface area contributed by atoms with Gasteiger partial charge in [-0.1, -0.05) is 0 Å². The fourth-order valence-corrected chi connectivity index (χ4v) is 1.12. The van der Waals surface area contributed by atoms with E-state index in [0.29, 0.717) is 0 Å². The number of amides is 1. The van der Waals surface area contributed by atoms with Gasteiger partial charge in [-0.3, -0.25) is 9.78 Å². The predicted octanol–water partition coefficient (Wildman–Crippen LogP) is -0.647. The Morgan fingerprint density at radius 2 is 2.18 bits per heavy atom. The molecule has 1 aromatic heterocycles. The Morgan fingerprint density at radius 3 is 2.76 bits per heavy atom. The number of aliphatic hydroxyl groups excluding tert-OH is 1. The van der Waals surface area contributed by atoms with Crippen LogP contribution in [-0.4, -0.2) is 44.8 Å². The number of nitrogens with one attached hydrogen (secondary N) is 1. The van der Waals surface area contributed by atoms with E-state index in [1.165, 1.54) is 12.3 Å². The number of hydrogen-bond acceptors (Lipinski definition) is 5. The summed E-state index contributed by atoms with van der Waals surface area (Å²) in [6.45, 7) is -0.00589. The number of pyridine rings is 1. The summed E-state index contributed by atoms with van der Waals surface area (Å²) in [5, 5.41) is 29.0. The molecule has 0 aliphatic carbocycles. The van der Waals surface area contributed by atoms with Gasteiger partial charge in [0, 0.05) is 19.2 Å². The zero-order valence-electron chi connectivity index (χ0n) is 8.83. The summed E-state index contributed by atoms with van der Waals surface area (Å²) in [6.07, 6.45) is 0.857. The van der Waals surface area contributed by atoms with Crippen molar-refractivity contribution in [1.82, 2.24) is 10.3 Å². The Labute approximate surface area is 96.7 Å². The fourth-order valence-electron chi connectivity index (χ4n) is 1.12. The van der Waals surface area contributed by atoms with Gasteiger partial charge in [-0.25, -0.2) is 4.79 Å². The average molecular weight is 240 g/mol. The van der Waals surface area contributed by atoms with E-state index in [9.17, 15) is 14.7 Å². The highest BCUT2D eigenvalue weighted by molar-refractivity contribution is 5.96. The number of aliphatic carboxylic acids is 1. The zero-order chi connectivity index (χ0) is 12.8. The molecule has 92 valence electrons. The molecule has 0 saturated carbocycles. The fraction of sp³-hybridized carbons (Fsp3) is 0.300. The van der Waals surface area contributed by atoms with Gasteiger partial charge in [-0.15, -0.1) is 0 Å². The van der Waals surface area contributed by atoms with E-state index in [4.69, 9.17) is 10.2 Å². The van der Waals surface area contributed by atoms with Gasteiger partial charge in [0.1, 0.15) is 5.75 Å². The molecular weight excluding hydrogens is 228 g/mol. The third-order valence-electron chi connectivity index (χ3n) is 2.03. The van der Waals surface area contributed by atoms with E-state index in [0.717, 1.165) is 6.20 Å². The van der Waals surface area contributed by atoms with Crippen molar-refractivity contribution in [3.05, 3.63) is 24.0 Å². The van der Waals surface area contributed by atoms with Gasteiger partial charge < -0.3 is 20.6 Å². The van der Waals surface area contributed by atoms with Crippen LogP contribution in [0.5, 0.6) is 5.75 Å². The lowest BCUT2D eigenvalue weighted by Gasteiger charge is -2.07. The SMILES string of the molecule is O=C(NCCC(O)C(=O)O)c1ccncc1O. The highest BCUT2D eigenvalue weighted by Gasteiger charge is 2.14. The number of hydrogen-bond donors (Lipinski definition) is 4. The molecule has 1 rings (SSSR count). The number of carboxylic acids is 1. The van der Waals surface area contributed by atoms with Crippen molar-refractivity contribution < 1.29 is 24.9 Å². The van der Waals surface area contributed by atoms with Crippen LogP contribution in [0, 0.1) is 0 Å². The third kappa shape index (κ3) is 3.72. The van der Waals surface area contributed by atoms with Crippen LogP contribution in [0.1, 0.15) is 16.8 Å². The van der Waals surface area contributed by atoms with Crippen molar-refractivity contribution in [2.45, 2.75) is 12.5 Å². The van der Waals surface area contributed by atoms with E-state index < -0.39 is 18.0 Å². The second-order valence-corrected chi connectivity index (χ2v) is 3.29. The van der Waals surface area contributed by atoms with Crippen LogP contribution in [0.3, 0.4) is 0 Å². The van der Waals surface area contributed by atoms with Gasteiger partial charge >= 0.3 is 5.97 Å².